The lowest BCUT2D eigenvalue weighted by molar-refractivity contribution is 0.625. The van der Waals surface area contributed by atoms with Gasteiger partial charge in [-0.15, -0.1) is 24.0 Å². The maximum absolute atomic E-state index is 13.3. The number of nitriles is 1. The summed E-state index contributed by atoms with van der Waals surface area (Å²) < 4.78 is 14.9. The van der Waals surface area contributed by atoms with Crippen molar-refractivity contribution in [2.45, 2.75) is 33.1 Å². The van der Waals surface area contributed by atoms with Crippen molar-refractivity contribution in [2.75, 3.05) is 25.4 Å². The second-order valence-corrected chi connectivity index (χ2v) is 7.68. The van der Waals surface area contributed by atoms with Gasteiger partial charge in [-0.05, 0) is 68.5 Å². The van der Waals surface area contributed by atoms with Crippen LogP contribution in [-0.2, 0) is 12.8 Å². The third kappa shape index (κ3) is 7.18. The van der Waals surface area contributed by atoms with E-state index in [1.807, 2.05) is 50.2 Å². The molecule has 2 aromatic carbocycles. The predicted octanol–water partition coefficient (Wildman–Crippen LogP) is 4.12. The van der Waals surface area contributed by atoms with Crippen LogP contribution in [0.5, 0.6) is 0 Å². The summed E-state index contributed by atoms with van der Waals surface area (Å²) in [6.45, 7) is 5.94. The van der Waals surface area contributed by atoms with Crippen molar-refractivity contribution in [1.29, 1.82) is 5.26 Å². The average Bonchev–Trinajstić information content (AvgIpc) is 3.13. The second kappa shape index (κ2) is 13.5. The van der Waals surface area contributed by atoms with E-state index in [9.17, 15) is 9.65 Å². The van der Waals surface area contributed by atoms with Crippen LogP contribution in [0.1, 0.15) is 35.7 Å². The highest BCUT2D eigenvalue weighted by Gasteiger charge is 2.16. The number of aliphatic imine (C=N–C) groups is 1. The van der Waals surface area contributed by atoms with Crippen molar-refractivity contribution in [1.82, 2.24) is 20.4 Å². The Morgan fingerprint density at radius 1 is 1.18 bits per heavy atom. The molecule has 0 unspecified atom stereocenters. The topological polar surface area (TPSA) is 104 Å². The maximum atomic E-state index is 13.3. The molecule has 0 fully saturated rings. The van der Waals surface area contributed by atoms with E-state index >= 15 is 0 Å². The van der Waals surface area contributed by atoms with Crippen LogP contribution in [0.25, 0.3) is 5.69 Å². The predicted molar refractivity (Wildman–Crippen MR) is 145 cm³/mol. The summed E-state index contributed by atoms with van der Waals surface area (Å²) in [7, 11) is 0. The minimum atomic E-state index is -0.214. The van der Waals surface area contributed by atoms with Crippen LogP contribution in [0.15, 0.2) is 53.5 Å². The Morgan fingerprint density at radius 3 is 2.62 bits per heavy atom. The molecule has 0 saturated carbocycles. The molecule has 180 valence electrons. The van der Waals surface area contributed by atoms with E-state index in [0.717, 1.165) is 42.2 Å². The fraction of sp³-hybridized carbons (Fsp3) is 0.320. The fourth-order valence-electron chi connectivity index (χ4n) is 3.58. The van der Waals surface area contributed by atoms with Crippen molar-refractivity contribution in [3.05, 3.63) is 76.7 Å². The zero-order valence-electron chi connectivity index (χ0n) is 19.5. The number of aromatic nitrogens is 2. The first-order valence-corrected chi connectivity index (χ1v) is 11.1. The zero-order chi connectivity index (χ0) is 23.6. The highest BCUT2D eigenvalue weighted by molar-refractivity contribution is 14.0. The number of hydrogen-bond donors (Lipinski definition) is 3. The van der Waals surface area contributed by atoms with Gasteiger partial charge in [-0.2, -0.15) is 10.4 Å². The standard InChI is InChI=1S/C25H30FN7.HI/c1-3-29-25(31-15-13-19-11-12-20(26)16-18(19)2)30-14-7-10-23-22(17-27)24(28)33(32-23)21-8-5-4-6-9-21;/h4-6,8-9,11-12,16H,3,7,10,13-15,28H2,1-2H3,(H2,29,30,31);1H. The molecule has 34 heavy (non-hydrogen) atoms. The van der Waals surface area contributed by atoms with Gasteiger partial charge >= 0.3 is 0 Å². The van der Waals surface area contributed by atoms with E-state index in [4.69, 9.17) is 5.73 Å². The Balaban J connectivity index is 0.00000408. The number of anilines is 1. The molecule has 0 amide bonds. The van der Waals surface area contributed by atoms with Crippen LogP contribution in [0, 0.1) is 24.1 Å². The zero-order valence-corrected chi connectivity index (χ0v) is 21.8. The van der Waals surface area contributed by atoms with E-state index in [2.05, 4.69) is 26.8 Å². The number of nitrogens with one attached hydrogen (secondary N) is 2. The van der Waals surface area contributed by atoms with Gasteiger partial charge in [-0.3, -0.25) is 4.99 Å². The number of nitrogens with zero attached hydrogens (tertiary/aromatic N) is 4. The van der Waals surface area contributed by atoms with E-state index in [1.54, 1.807) is 10.7 Å². The number of aryl methyl sites for hydroxylation is 2. The Kier molecular flexibility index (Phi) is 10.8. The van der Waals surface area contributed by atoms with E-state index in [1.165, 1.54) is 6.07 Å². The molecule has 0 saturated heterocycles. The molecule has 0 aliphatic rings. The summed E-state index contributed by atoms with van der Waals surface area (Å²) in [5.74, 6) is 0.870. The number of benzene rings is 2. The molecule has 4 N–H and O–H groups in total. The molecule has 0 aliphatic carbocycles. The van der Waals surface area contributed by atoms with E-state index in [-0.39, 0.29) is 29.8 Å². The van der Waals surface area contributed by atoms with Gasteiger partial charge in [0, 0.05) is 19.6 Å². The summed E-state index contributed by atoms with van der Waals surface area (Å²) in [5, 5.41) is 20.7. The largest absolute Gasteiger partial charge is 0.382 e. The highest BCUT2D eigenvalue weighted by atomic mass is 127. The Hall–Kier alpha value is -3.13. The number of nitrogens with two attached hydrogens (primary N) is 1. The quantitative estimate of drug-likeness (QED) is 0.154. The number of guanidine groups is 1. The van der Waals surface area contributed by atoms with Crippen LogP contribution >= 0.6 is 24.0 Å². The van der Waals surface area contributed by atoms with Crippen LogP contribution in [0.2, 0.25) is 0 Å². The van der Waals surface area contributed by atoms with Crippen molar-refractivity contribution in [3.63, 3.8) is 0 Å². The van der Waals surface area contributed by atoms with Crippen LogP contribution in [-0.4, -0.2) is 35.4 Å². The monoisotopic (exact) mass is 575 g/mol. The summed E-state index contributed by atoms with van der Waals surface area (Å²) in [4.78, 5) is 4.62. The normalized spacial score (nSPS) is 10.9. The van der Waals surface area contributed by atoms with Crippen molar-refractivity contribution in [3.8, 4) is 11.8 Å². The molecular formula is C25H31FIN7. The van der Waals surface area contributed by atoms with E-state index in [0.29, 0.717) is 36.6 Å². The van der Waals surface area contributed by atoms with Gasteiger partial charge in [0.25, 0.3) is 0 Å². The lowest BCUT2D eigenvalue weighted by Crippen LogP contribution is -2.38. The third-order valence-corrected chi connectivity index (χ3v) is 5.28. The van der Waals surface area contributed by atoms with Gasteiger partial charge in [0.2, 0.25) is 0 Å². The maximum Gasteiger partial charge on any atom is 0.191 e. The average molecular weight is 575 g/mol. The van der Waals surface area contributed by atoms with Crippen LogP contribution in [0.3, 0.4) is 0 Å². The number of nitrogen functional groups attached to an aromatic ring is 1. The minimum Gasteiger partial charge on any atom is -0.382 e. The summed E-state index contributed by atoms with van der Waals surface area (Å²) in [6, 6.07) is 16.6. The molecule has 9 heteroatoms. The summed E-state index contributed by atoms with van der Waals surface area (Å²) in [6.07, 6.45) is 2.11. The van der Waals surface area contributed by atoms with Crippen molar-refractivity contribution < 1.29 is 4.39 Å². The lowest BCUT2D eigenvalue weighted by Gasteiger charge is -2.12. The molecule has 1 heterocycles. The Labute approximate surface area is 217 Å². The number of rotatable bonds is 9. The molecular weight excluding hydrogens is 544 g/mol. The minimum absolute atomic E-state index is 0. The molecule has 0 bridgehead atoms. The van der Waals surface area contributed by atoms with Gasteiger partial charge in [0.15, 0.2) is 5.96 Å². The molecule has 0 atom stereocenters. The SMILES string of the molecule is CCNC(=NCCCc1nn(-c2ccccc2)c(N)c1C#N)NCCc1ccc(F)cc1C.I. The van der Waals surface area contributed by atoms with Gasteiger partial charge in [0.1, 0.15) is 23.3 Å². The first kappa shape index (κ1) is 27.1. The molecule has 0 aliphatic heterocycles. The molecule has 7 nitrogen and oxygen atoms in total. The second-order valence-electron chi connectivity index (χ2n) is 7.68. The Morgan fingerprint density at radius 2 is 1.94 bits per heavy atom. The highest BCUT2D eigenvalue weighted by Crippen LogP contribution is 2.21. The van der Waals surface area contributed by atoms with E-state index < -0.39 is 0 Å². The first-order chi connectivity index (χ1) is 16.0. The Bertz CT molecular complexity index is 1140. The molecule has 0 radical (unpaired) electrons. The number of halogens is 2. The van der Waals surface area contributed by atoms with Gasteiger partial charge in [-0.1, -0.05) is 24.3 Å². The molecule has 3 aromatic rings. The van der Waals surface area contributed by atoms with Crippen LogP contribution < -0.4 is 16.4 Å². The smallest absolute Gasteiger partial charge is 0.191 e. The summed E-state index contributed by atoms with van der Waals surface area (Å²) >= 11 is 0. The van der Waals surface area contributed by atoms with Crippen molar-refractivity contribution >= 4 is 35.8 Å². The lowest BCUT2D eigenvalue weighted by atomic mass is 10.1. The third-order valence-electron chi connectivity index (χ3n) is 5.28. The van der Waals surface area contributed by atoms with Crippen LogP contribution in [0.4, 0.5) is 10.2 Å². The van der Waals surface area contributed by atoms with Gasteiger partial charge in [0.05, 0.1) is 11.4 Å². The summed E-state index contributed by atoms with van der Waals surface area (Å²) in [5.41, 5.74) is 10.1. The number of hydrogen-bond acceptors (Lipinski definition) is 4. The molecule has 1 aromatic heterocycles. The van der Waals surface area contributed by atoms with Gasteiger partial charge < -0.3 is 16.4 Å². The van der Waals surface area contributed by atoms with Crippen molar-refractivity contribution in [2.24, 2.45) is 4.99 Å². The fourth-order valence-corrected chi connectivity index (χ4v) is 3.58. The molecule has 0 spiro atoms. The first-order valence-electron chi connectivity index (χ1n) is 11.1. The number of para-hydroxylation sites is 1. The molecule has 3 rings (SSSR count). The van der Waals surface area contributed by atoms with Gasteiger partial charge in [-0.25, -0.2) is 9.07 Å².